The fraction of sp³-hybridized carbons (Fsp3) is 0.364. The van der Waals surface area contributed by atoms with Gasteiger partial charge in [0.05, 0.1) is 23.1 Å². The second kappa shape index (κ2) is 10.3. The summed E-state index contributed by atoms with van der Waals surface area (Å²) in [7, 11) is 0. The highest BCUT2D eigenvalue weighted by Crippen LogP contribution is 2.19. The lowest BCUT2D eigenvalue weighted by Gasteiger charge is -2.14. The van der Waals surface area contributed by atoms with E-state index < -0.39 is 0 Å². The van der Waals surface area contributed by atoms with Crippen LogP contribution >= 0.6 is 11.8 Å². The summed E-state index contributed by atoms with van der Waals surface area (Å²) in [6, 6.07) is 15.3. The average Bonchev–Trinajstić information content (AvgIpc) is 3.22. The molecule has 0 spiro atoms. The smallest absolute Gasteiger partial charge is 0.253 e. The quantitative estimate of drug-likeness (QED) is 0.710. The highest BCUT2D eigenvalue weighted by atomic mass is 32.2. The van der Waals surface area contributed by atoms with Crippen LogP contribution in [0.5, 0.6) is 0 Å². The Morgan fingerprint density at radius 1 is 1.14 bits per heavy atom. The van der Waals surface area contributed by atoms with Crippen LogP contribution in [0.25, 0.3) is 0 Å². The van der Waals surface area contributed by atoms with Gasteiger partial charge in [-0.25, -0.2) is 0 Å². The summed E-state index contributed by atoms with van der Waals surface area (Å²) < 4.78 is 5.54. The lowest BCUT2D eigenvalue weighted by Crippen LogP contribution is -2.32. The maximum absolute atomic E-state index is 12.5. The van der Waals surface area contributed by atoms with Gasteiger partial charge in [0.2, 0.25) is 5.91 Å². The summed E-state index contributed by atoms with van der Waals surface area (Å²) in [5, 5.41) is 5.77. The molecule has 3 rings (SSSR count). The lowest BCUT2D eigenvalue weighted by molar-refractivity contribution is -0.113. The lowest BCUT2D eigenvalue weighted by atomic mass is 10.1. The third-order valence-corrected chi connectivity index (χ3v) is 5.69. The summed E-state index contributed by atoms with van der Waals surface area (Å²) in [6.07, 6.45) is 2.09. The van der Waals surface area contributed by atoms with E-state index in [4.69, 9.17) is 4.74 Å². The number of carbonyl (C=O) groups excluding carboxylic acids is 2. The molecular weight excluding hydrogens is 372 g/mol. The standard InChI is InChI=1S/C22H26N2O3S/c1-16-7-2-3-8-17(16)14-28-15-21(25)24-20-11-5-4-10-19(20)22(26)23-13-18-9-6-12-27-18/h2-5,7-8,10-11,18H,6,9,12-15H2,1H3,(H,23,26)(H,24,25)/t18-/m1/s1. The molecule has 5 nitrogen and oxygen atoms in total. The molecule has 0 aliphatic carbocycles. The zero-order chi connectivity index (χ0) is 19.8. The second-order valence-electron chi connectivity index (χ2n) is 6.86. The third kappa shape index (κ3) is 5.84. The Labute approximate surface area is 170 Å². The molecule has 0 aromatic heterocycles. The second-order valence-corrected chi connectivity index (χ2v) is 7.84. The maximum Gasteiger partial charge on any atom is 0.253 e. The zero-order valence-electron chi connectivity index (χ0n) is 16.1. The number of aryl methyl sites for hydroxylation is 1. The fourth-order valence-corrected chi connectivity index (χ4v) is 4.01. The molecule has 2 aromatic rings. The van der Waals surface area contributed by atoms with Gasteiger partial charge in [0.25, 0.3) is 5.91 Å². The van der Waals surface area contributed by atoms with E-state index in [-0.39, 0.29) is 17.9 Å². The van der Waals surface area contributed by atoms with Crippen LogP contribution in [0.4, 0.5) is 5.69 Å². The molecule has 28 heavy (non-hydrogen) atoms. The third-order valence-electron chi connectivity index (χ3n) is 4.71. The van der Waals surface area contributed by atoms with Gasteiger partial charge in [0.15, 0.2) is 0 Å². The minimum absolute atomic E-state index is 0.0866. The van der Waals surface area contributed by atoms with Crippen molar-refractivity contribution in [2.75, 3.05) is 24.2 Å². The monoisotopic (exact) mass is 398 g/mol. The largest absolute Gasteiger partial charge is 0.376 e. The van der Waals surface area contributed by atoms with E-state index in [1.807, 2.05) is 18.2 Å². The van der Waals surface area contributed by atoms with Crippen LogP contribution in [0.1, 0.15) is 34.3 Å². The van der Waals surface area contributed by atoms with Crippen molar-refractivity contribution in [3.05, 3.63) is 65.2 Å². The first-order valence-corrected chi connectivity index (χ1v) is 10.7. The number of rotatable bonds is 8. The highest BCUT2D eigenvalue weighted by molar-refractivity contribution is 7.99. The number of hydrogen-bond donors (Lipinski definition) is 2. The minimum atomic E-state index is -0.195. The van der Waals surface area contributed by atoms with E-state index in [0.717, 1.165) is 25.2 Å². The van der Waals surface area contributed by atoms with Crippen LogP contribution in [-0.2, 0) is 15.3 Å². The molecule has 0 unspecified atom stereocenters. The molecule has 0 bridgehead atoms. The SMILES string of the molecule is Cc1ccccc1CSCC(=O)Nc1ccccc1C(=O)NC[C@H]1CCCO1. The van der Waals surface area contributed by atoms with Gasteiger partial charge in [-0.3, -0.25) is 9.59 Å². The molecule has 1 atom stereocenters. The van der Waals surface area contributed by atoms with E-state index in [9.17, 15) is 9.59 Å². The molecule has 0 saturated carbocycles. The van der Waals surface area contributed by atoms with Gasteiger partial charge in [-0.2, -0.15) is 0 Å². The van der Waals surface area contributed by atoms with E-state index >= 15 is 0 Å². The van der Waals surface area contributed by atoms with Crippen LogP contribution in [0, 0.1) is 6.92 Å². The Balaban J connectivity index is 1.51. The van der Waals surface area contributed by atoms with Crippen LogP contribution in [0.3, 0.4) is 0 Å². The fourth-order valence-electron chi connectivity index (χ4n) is 3.11. The van der Waals surface area contributed by atoms with Crippen LogP contribution in [-0.4, -0.2) is 36.8 Å². The molecule has 2 aromatic carbocycles. The first-order chi connectivity index (χ1) is 13.6. The number of thioether (sulfide) groups is 1. The zero-order valence-corrected chi connectivity index (χ0v) is 16.9. The minimum Gasteiger partial charge on any atom is -0.376 e. The van der Waals surface area contributed by atoms with Gasteiger partial charge >= 0.3 is 0 Å². The van der Waals surface area contributed by atoms with Gasteiger partial charge in [-0.1, -0.05) is 36.4 Å². The molecule has 1 aliphatic rings. The van der Waals surface area contributed by atoms with Gasteiger partial charge < -0.3 is 15.4 Å². The van der Waals surface area contributed by atoms with Crippen molar-refractivity contribution >= 4 is 29.3 Å². The first kappa shape index (κ1) is 20.4. The summed E-state index contributed by atoms with van der Waals surface area (Å²) in [5.74, 6) is 0.806. The number of para-hydroxylation sites is 1. The molecule has 6 heteroatoms. The summed E-state index contributed by atoms with van der Waals surface area (Å²) >= 11 is 1.56. The van der Waals surface area contributed by atoms with Crippen LogP contribution < -0.4 is 10.6 Å². The Kier molecular flexibility index (Phi) is 7.51. The van der Waals surface area contributed by atoms with Gasteiger partial charge in [-0.15, -0.1) is 11.8 Å². The molecule has 148 valence electrons. The predicted octanol–water partition coefficient (Wildman–Crippen LogP) is 3.78. The van der Waals surface area contributed by atoms with E-state index in [1.165, 1.54) is 11.1 Å². The number of ether oxygens (including phenoxy) is 1. The van der Waals surface area contributed by atoms with Gasteiger partial charge in [0.1, 0.15) is 0 Å². The number of nitrogens with one attached hydrogen (secondary N) is 2. The molecule has 1 saturated heterocycles. The van der Waals surface area contributed by atoms with Crippen molar-refractivity contribution in [3.63, 3.8) is 0 Å². The Hall–Kier alpha value is -2.31. The summed E-state index contributed by atoms with van der Waals surface area (Å²) in [6.45, 7) is 3.32. The molecule has 0 radical (unpaired) electrons. The normalized spacial score (nSPS) is 16.0. The summed E-state index contributed by atoms with van der Waals surface area (Å²) in [5.41, 5.74) is 3.46. The average molecular weight is 399 g/mol. The highest BCUT2D eigenvalue weighted by Gasteiger charge is 2.18. The predicted molar refractivity (Wildman–Crippen MR) is 114 cm³/mol. The van der Waals surface area contributed by atoms with Crippen molar-refractivity contribution in [2.24, 2.45) is 0 Å². The van der Waals surface area contributed by atoms with Gasteiger partial charge in [-0.05, 0) is 43.0 Å². The first-order valence-electron chi connectivity index (χ1n) is 9.54. The number of hydrogen-bond acceptors (Lipinski definition) is 4. The van der Waals surface area contributed by atoms with Crippen molar-refractivity contribution in [3.8, 4) is 0 Å². The molecule has 2 N–H and O–H groups in total. The molecule has 2 amide bonds. The van der Waals surface area contributed by atoms with Crippen molar-refractivity contribution < 1.29 is 14.3 Å². The Bertz CT molecular complexity index is 819. The topological polar surface area (TPSA) is 67.4 Å². The molecule has 1 fully saturated rings. The van der Waals surface area contributed by atoms with E-state index in [2.05, 4.69) is 29.7 Å². The number of anilines is 1. The summed E-state index contributed by atoms with van der Waals surface area (Å²) in [4.78, 5) is 24.9. The van der Waals surface area contributed by atoms with Crippen molar-refractivity contribution in [2.45, 2.75) is 31.6 Å². The maximum atomic E-state index is 12.5. The molecule has 1 aliphatic heterocycles. The van der Waals surface area contributed by atoms with Crippen LogP contribution in [0.2, 0.25) is 0 Å². The number of carbonyl (C=O) groups is 2. The Morgan fingerprint density at radius 3 is 2.71 bits per heavy atom. The molecular formula is C22H26N2O3S. The van der Waals surface area contributed by atoms with E-state index in [1.54, 1.807) is 30.0 Å². The number of benzene rings is 2. The van der Waals surface area contributed by atoms with Crippen molar-refractivity contribution in [1.82, 2.24) is 5.32 Å². The van der Waals surface area contributed by atoms with Crippen LogP contribution in [0.15, 0.2) is 48.5 Å². The number of amides is 2. The van der Waals surface area contributed by atoms with Crippen molar-refractivity contribution in [1.29, 1.82) is 0 Å². The van der Waals surface area contributed by atoms with E-state index in [0.29, 0.717) is 23.5 Å². The van der Waals surface area contributed by atoms with Gasteiger partial charge in [0, 0.05) is 18.9 Å². The Morgan fingerprint density at radius 2 is 1.93 bits per heavy atom. The molecule has 1 heterocycles.